The Hall–Kier alpha value is -2.20. The van der Waals surface area contributed by atoms with Crippen molar-refractivity contribution >= 4 is 47.9 Å². The number of carbonyl (C=O) groups excluding carboxylic acids is 1. The van der Waals surface area contributed by atoms with Crippen LogP contribution in [0.25, 0.3) is 0 Å². The Balaban J connectivity index is 1.39. The highest BCUT2D eigenvalue weighted by molar-refractivity contribution is 9.10. The number of hydrogen-bond acceptors (Lipinski definition) is 3. The van der Waals surface area contributed by atoms with Gasteiger partial charge < -0.3 is 10.2 Å². The van der Waals surface area contributed by atoms with Crippen molar-refractivity contribution in [3.8, 4) is 0 Å². The van der Waals surface area contributed by atoms with Crippen molar-refractivity contribution in [1.29, 1.82) is 0 Å². The van der Waals surface area contributed by atoms with Gasteiger partial charge in [0.25, 0.3) is 0 Å². The fourth-order valence-electron chi connectivity index (χ4n) is 4.67. The molecule has 0 radical (unpaired) electrons. The van der Waals surface area contributed by atoms with E-state index in [9.17, 15) is 13.2 Å². The predicted molar refractivity (Wildman–Crippen MR) is 159 cm³/mol. The summed E-state index contributed by atoms with van der Waals surface area (Å²) in [4.78, 5) is 15.4. The van der Waals surface area contributed by atoms with Crippen molar-refractivity contribution in [2.45, 2.75) is 49.6 Å². The van der Waals surface area contributed by atoms with Gasteiger partial charge in [0.15, 0.2) is 0 Å². The third-order valence-electron chi connectivity index (χ3n) is 7.08. The maximum absolute atomic E-state index is 13.3. The zero-order valence-corrected chi connectivity index (χ0v) is 25.6. The number of rotatable bonds is 8. The molecule has 3 aromatic rings. The Kier molecular flexibility index (Phi) is 9.68. The summed E-state index contributed by atoms with van der Waals surface area (Å²) in [7, 11) is -1.69. The summed E-state index contributed by atoms with van der Waals surface area (Å²) in [5.74, 6) is 0. The summed E-state index contributed by atoms with van der Waals surface area (Å²) in [5, 5.41) is 3.16. The number of aryl methyl sites for hydroxylation is 1. The van der Waals surface area contributed by atoms with Crippen LogP contribution in [0.2, 0.25) is 0 Å². The van der Waals surface area contributed by atoms with Gasteiger partial charge in [-0.2, -0.15) is 4.31 Å². The Morgan fingerprint density at radius 3 is 1.84 bits per heavy atom. The number of urea groups is 1. The number of nitrogens with zero attached hydrogens (tertiary/aromatic N) is 2. The average Bonchev–Trinajstić information content (AvgIpc) is 2.91. The molecule has 1 saturated heterocycles. The third kappa shape index (κ3) is 7.46. The highest BCUT2D eigenvalue weighted by Crippen LogP contribution is 2.22. The molecular weight excluding hydrogens is 630 g/mol. The van der Waals surface area contributed by atoms with E-state index >= 15 is 0 Å². The fraction of sp³-hybridized carbons (Fsp3) is 0.345. The molecule has 6 nitrogen and oxygen atoms in total. The number of benzene rings is 3. The van der Waals surface area contributed by atoms with Gasteiger partial charge in [0.2, 0.25) is 10.0 Å². The summed E-state index contributed by atoms with van der Waals surface area (Å²) in [6.07, 6.45) is 2.60. The van der Waals surface area contributed by atoms with Crippen LogP contribution in [0.1, 0.15) is 29.5 Å². The van der Waals surface area contributed by atoms with Crippen LogP contribution in [0.3, 0.4) is 0 Å². The quantitative estimate of drug-likeness (QED) is 0.314. The number of sulfonamides is 1. The van der Waals surface area contributed by atoms with E-state index in [-0.39, 0.29) is 18.1 Å². The molecule has 1 N–H and O–H groups in total. The molecule has 1 fully saturated rings. The number of halogens is 2. The molecule has 0 aromatic heterocycles. The van der Waals surface area contributed by atoms with Gasteiger partial charge in [0.1, 0.15) is 0 Å². The molecule has 202 valence electrons. The minimum atomic E-state index is -3.53. The van der Waals surface area contributed by atoms with Crippen molar-refractivity contribution in [3.05, 3.63) is 98.4 Å². The zero-order chi connectivity index (χ0) is 27.3. The normalized spacial score (nSPS) is 15.0. The minimum Gasteiger partial charge on any atom is -0.335 e. The van der Waals surface area contributed by atoms with E-state index in [0.29, 0.717) is 30.8 Å². The molecule has 0 unspecified atom stereocenters. The molecule has 0 spiro atoms. The van der Waals surface area contributed by atoms with E-state index in [2.05, 4.69) is 61.4 Å². The van der Waals surface area contributed by atoms with Gasteiger partial charge >= 0.3 is 6.03 Å². The summed E-state index contributed by atoms with van der Waals surface area (Å²) in [5.41, 5.74) is 3.34. The fourth-order valence-corrected chi connectivity index (χ4v) is 6.67. The third-order valence-corrected chi connectivity index (χ3v) is 10.0. The monoisotopic (exact) mass is 661 g/mol. The van der Waals surface area contributed by atoms with Gasteiger partial charge in [-0.15, -0.1) is 0 Å². The van der Waals surface area contributed by atoms with Crippen LogP contribution < -0.4 is 5.32 Å². The van der Waals surface area contributed by atoms with Crippen LogP contribution in [-0.4, -0.2) is 55.9 Å². The first-order chi connectivity index (χ1) is 18.1. The number of amides is 2. The first kappa shape index (κ1) is 28.8. The molecule has 3 aromatic carbocycles. The molecule has 38 heavy (non-hydrogen) atoms. The number of nitrogens with one attached hydrogen (secondary N) is 1. The molecule has 0 atom stereocenters. The minimum absolute atomic E-state index is 0.0423. The van der Waals surface area contributed by atoms with Gasteiger partial charge in [0.05, 0.1) is 4.90 Å². The van der Waals surface area contributed by atoms with Gasteiger partial charge in [-0.3, -0.25) is 0 Å². The van der Waals surface area contributed by atoms with Crippen molar-refractivity contribution in [1.82, 2.24) is 14.5 Å². The maximum atomic E-state index is 13.3. The Labute approximate surface area is 242 Å². The van der Waals surface area contributed by atoms with E-state index in [1.54, 1.807) is 17.0 Å². The van der Waals surface area contributed by atoms with E-state index in [1.807, 2.05) is 50.4 Å². The van der Waals surface area contributed by atoms with Crippen LogP contribution in [0.5, 0.6) is 0 Å². The number of carbonyl (C=O) groups is 1. The van der Waals surface area contributed by atoms with E-state index in [1.165, 1.54) is 4.31 Å². The molecule has 1 aliphatic heterocycles. The number of hydrogen-bond donors (Lipinski definition) is 1. The second-order valence-corrected chi connectivity index (χ2v) is 13.6. The van der Waals surface area contributed by atoms with E-state index in [4.69, 9.17) is 0 Å². The summed E-state index contributed by atoms with van der Waals surface area (Å²) >= 11 is 6.98. The Bertz CT molecular complexity index is 1280. The molecule has 2 amide bonds. The summed E-state index contributed by atoms with van der Waals surface area (Å²) in [6.45, 7) is 2.70. The van der Waals surface area contributed by atoms with Crippen molar-refractivity contribution in [2.75, 3.05) is 20.1 Å². The van der Waals surface area contributed by atoms with Crippen molar-refractivity contribution < 1.29 is 13.2 Å². The SMILES string of the molecule is Cc1ccc(S(=O)(=O)N2CCC(NC(=O)N(C)C(Cc3ccc(Br)cc3)Cc3ccc(Br)cc3)CC2)cc1. The molecule has 4 rings (SSSR count). The molecule has 1 aliphatic rings. The molecule has 9 heteroatoms. The molecule has 0 bridgehead atoms. The first-order valence-electron chi connectivity index (χ1n) is 12.7. The lowest BCUT2D eigenvalue weighted by atomic mass is 9.98. The Morgan fingerprint density at radius 1 is 0.895 bits per heavy atom. The van der Waals surface area contributed by atoms with Gasteiger partial charge in [-0.25, -0.2) is 13.2 Å². The number of piperidine rings is 1. The molecule has 0 saturated carbocycles. The standard InChI is InChI=1S/C29H33Br2N3O3S/c1-21-3-13-28(14-4-21)38(36,37)34-17-15-26(16-18-34)32-29(35)33(2)27(19-22-5-9-24(30)10-6-22)20-23-7-11-25(31)12-8-23/h3-14,26-27H,15-20H2,1-2H3,(H,32,35). The summed E-state index contributed by atoms with van der Waals surface area (Å²) in [6, 6.07) is 23.1. The van der Waals surface area contributed by atoms with Crippen molar-refractivity contribution in [3.63, 3.8) is 0 Å². The zero-order valence-electron chi connectivity index (χ0n) is 21.6. The van der Waals surface area contributed by atoms with Crippen LogP contribution in [0.15, 0.2) is 86.6 Å². The predicted octanol–water partition coefficient (Wildman–Crippen LogP) is 6.17. The molecule has 1 heterocycles. The number of likely N-dealkylation sites (N-methyl/N-ethyl adjacent to an activating group) is 1. The lowest BCUT2D eigenvalue weighted by molar-refractivity contribution is 0.179. The lowest BCUT2D eigenvalue weighted by Crippen LogP contribution is -2.52. The van der Waals surface area contributed by atoms with Crippen LogP contribution in [0.4, 0.5) is 4.79 Å². The van der Waals surface area contributed by atoms with Gasteiger partial charge in [-0.05, 0) is 80.1 Å². The average molecular weight is 663 g/mol. The summed E-state index contributed by atoms with van der Waals surface area (Å²) < 4.78 is 29.6. The second kappa shape index (κ2) is 12.8. The smallest absolute Gasteiger partial charge is 0.317 e. The molecular formula is C29H33Br2N3O3S. The van der Waals surface area contributed by atoms with E-state index < -0.39 is 10.0 Å². The van der Waals surface area contributed by atoms with Crippen molar-refractivity contribution in [2.24, 2.45) is 0 Å². The van der Waals surface area contributed by atoms with Crippen LogP contribution >= 0.6 is 31.9 Å². The first-order valence-corrected chi connectivity index (χ1v) is 15.7. The Morgan fingerprint density at radius 2 is 1.37 bits per heavy atom. The van der Waals surface area contributed by atoms with Crippen LogP contribution in [0, 0.1) is 6.92 Å². The van der Waals surface area contributed by atoms with E-state index in [0.717, 1.165) is 38.5 Å². The van der Waals surface area contributed by atoms with Crippen LogP contribution in [-0.2, 0) is 22.9 Å². The highest BCUT2D eigenvalue weighted by atomic mass is 79.9. The topological polar surface area (TPSA) is 69.7 Å². The van der Waals surface area contributed by atoms with Gasteiger partial charge in [-0.1, -0.05) is 73.8 Å². The molecule has 0 aliphatic carbocycles. The lowest BCUT2D eigenvalue weighted by Gasteiger charge is -2.34. The highest BCUT2D eigenvalue weighted by Gasteiger charge is 2.31. The second-order valence-electron chi connectivity index (χ2n) is 9.87. The van der Waals surface area contributed by atoms with Gasteiger partial charge in [0, 0.05) is 41.2 Å². The largest absolute Gasteiger partial charge is 0.335 e. The maximum Gasteiger partial charge on any atom is 0.317 e.